The molecule has 0 saturated heterocycles. The number of carbonyl (C=O) groups is 1. The molecule has 0 fully saturated rings. The van der Waals surface area contributed by atoms with Gasteiger partial charge >= 0.3 is 0 Å². The average Bonchev–Trinajstić information content (AvgIpc) is 2.00. The minimum atomic E-state index is -0.209. The highest BCUT2D eigenvalue weighted by Gasteiger charge is 2.03. The zero-order valence-electron chi connectivity index (χ0n) is 6.35. The first-order valence-corrected chi connectivity index (χ1v) is 3.19. The van der Waals surface area contributed by atoms with Crippen LogP contribution in [0.25, 0.3) is 0 Å². The lowest BCUT2D eigenvalue weighted by molar-refractivity contribution is -0.111. The van der Waals surface area contributed by atoms with Gasteiger partial charge in [-0.25, -0.2) is 0 Å². The van der Waals surface area contributed by atoms with Crippen LogP contribution in [0.4, 0.5) is 0 Å². The van der Waals surface area contributed by atoms with Gasteiger partial charge in [0.05, 0.1) is 5.76 Å². The molecule has 2 heteroatoms. The predicted molar refractivity (Wildman–Crippen MR) is 40.8 cm³/mol. The topological polar surface area (TPSA) is 37.3 Å². The van der Waals surface area contributed by atoms with E-state index >= 15 is 0 Å². The van der Waals surface area contributed by atoms with E-state index in [9.17, 15) is 4.79 Å². The molecule has 0 atom stereocenters. The quantitative estimate of drug-likeness (QED) is 0.480. The predicted octanol–water partition coefficient (Wildman–Crippen LogP) is 1.98. The van der Waals surface area contributed by atoms with E-state index in [0.29, 0.717) is 12.0 Å². The molecule has 0 aromatic rings. The fraction of sp³-hybridized carbons (Fsp3) is 0.375. The number of aliphatic hydroxyl groups excluding tert-OH is 1. The second-order valence-electron chi connectivity index (χ2n) is 1.99. The van der Waals surface area contributed by atoms with E-state index in [1.165, 1.54) is 6.08 Å². The van der Waals surface area contributed by atoms with E-state index < -0.39 is 0 Å². The number of hydrogen-bond donors (Lipinski definition) is 1. The fourth-order valence-corrected chi connectivity index (χ4v) is 0.560. The van der Waals surface area contributed by atoms with Gasteiger partial charge in [0.25, 0.3) is 0 Å². The zero-order valence-corrected chi connectivity index (χ0v) is 6.35. The summed E-state index contributed by atoms with van der Waals surface area (Å²) in [6.07, 6.45) is 1.69. The Morgan fingerprint density at radius 2 is 2.20 bits per heavy atom. The van der Waals surface area contributed by atoms with Gasteiger partial charge in [-0.2, -0.15) is 0 Å². The summed E-state index contributed by atoms with van der Waals surface area (Å²) in [5.41, 5.74) is 0.387. The molecule has 10 heavy (non-hydrogen) atoms. The molecule has 0 aromatic carbocycles. The van der Waals surface area contributed by atoms with E-state index in [1.54, 1.807) is 13.8 Å². The summed E-state index contributed by atoms with van der Waals surface area (Å²) in [5, 5.41) is 9.04. The van der Waals surface area contributed by atoms with Crippen molar-refractivity contribution in [1.29, 1.82) is 0 Å². The number of rotatable bonds is 3. The summed E-state index contributed by atoms with van der Waals surface area (Å²) in [6.45, 7) is 6.68. The van der Waals surface area contributed by atoms with Gasteiger partial charge in [-0.05, 0) is 13.0 Å². The maximum Gasteiger partial charge on any atom is 0.184 e. The molecule has 0 saturated carbocycles. The molecule has 2 nitrogen and oxygen atoms in total. The third kappa shape index (κ3) is 2.05. The molecule has 0 aliphatic rings. The van der Waals surface area contributed by atoms with Gasteiger partial charge in [0.15, 0.2) is 5.78 Å². The summed E-state index contributed by atoms with van der Waals surface area (Å²) in [6, 6.07) is 0. The molecule has 0 spiro atoms. The zero-order chi connectivity index (χ0) is 8.15. The average molecular weight is 140 g/mol. The Morgan fingerprint density at radius 1 is 1.70 bits per heavy atom. The van der Waals surface area contributed by atoms with Gasteiger partial charge in [-0.3, -0.25) is 4.79 Å². The van der Waals surface area contributed by atoms with Crippen molar-refractivity contribution in [2.75, 3.05) is 0 Å². The van der Waals surface area contributed by atoms with E-state index in [1.807, 2.05) is 0 Å². The molecule has 0 unspecified atom stereocenters. The van der Waals surface area contributed by atoms with Crippen LogP contribution in [0.1, 0.15) is 20.3 Å². The largest absolute Gasteiger partial charge is 0.512 e. The molecule has 0 amide bonds. The van der Waals surface area contributed by atoms with E-state index in [4.69, 9.17) is 5.11 Å². The van der Waals surface area contributed by atoms with Crippen LogP contribution >= 0.6 is 0 Å². The minimum absolute atomic E-state index is 0.143. The van der Waals surface area contributed by atoms with Crippen molar-refractivity contribution in [3.05, 3.63) is 24.0 Å². The summed E-state index contributed by atoms with van der Waals surface area (Å²) in [4.78, 5) is 10.8. The second-order valence-corrected chi connectivity index (χ2v) is 1.99. The highest BCUT2D eigenvalue weighted by molar-refractivity contribution is 6.03. The standard InChI is InChI=1S/C8H12O2/c1-4-7(9)6(3)8(10)5-2/h4,10H,1,5H2,2-3H3/b8-6+. The number of allylic oxidation sites excluding steroid dienone is 3. The van der Waals surface area contributed by atoms with Crippen LogP contribution in [0.5, 0.6) is 0 Å². The Labute approximate surface area is 60.9 Å². The smallest absolute Gasteiger partial charge is 0.184 e. The van der Waals surface area contributed by atoms with Crippen LogP contribution in [0.3, 0.4) is 0 Å². The highest BCUT2D eigenvalue weighted by atomic mass is 16.3. The second kappa shape index (κ2) is 3.88. The van der Waals surface area contributed by atoms with Gasteiger partial charge < -0.3 is 5.11 Å². The van der Waals surface area contributed by atoms with Crippen molar-refractivity contribution in [3.8, 4) is 0 Å². The SMILES string of the molecule is C=CC(=O)/C(C)=C(/O)CC. The highest BCUT2D eigenvalue weighted by Crippen LogP contribution is 2.05. The summed E-state index contributed by atoms with van der Waals surface area (Å²) in [5.74, 6) is -0.0655. The van der Waals surface area contributed by atoms with E-state index in [-0.39, 0.29) is 11.5 Å². The molecule has 0 aromatic heterocycles. The molecule has 0 aliphatic heterocycles. The Hall–Kier alpha value is -1.05. The van der Waals surface area contributed by atoms with Crippen molar-refractivity contribution in [1.82, 2.24) is 0 Å². The summed E-state index contributed by atoms with van der Waals surface area (Å²) >= 11 is 0. The number of ketones is 1. The molecule has 0 aliphatic carbocycles. The lowest BCUT2D eigenvalue weighted by Crippen LogP contribution is -1.97. The van der Waals surface area contributed by atoms with Gasteiger partial charge in [0.1, 0.15) is 0 Å². The normalized spacial score (nSPS) is 12.2. The summed E-state index contributed by atoms with van der Waals surface area (Å²) < 4.78 is 0. The maximum absolute atomic E-state index is 10.8. The van der Waals surface area contributed by atoms with Crippen LogP contribution in [-0.2, 0) is 4.79 Å². The Balaban J connectivity index is 4.45. The lowest BCUT2D eigenvalue weighted by Gasteiger charge is -1.97. The lowest BCUT2D eigenvalue weighted by atomic mass is 10.1. The molecule has 1 N–H and O–H groups in total. The van der Waals surface area contributed by atoms with Gasteiger partial charge in [0, 0.05) is 12.0 Å². The van der Waals surface area contributed by atoms with E-state index in [2.05, 4.69) is 6.58 Å². The first kappa shape index (κ1) is 8.95. The Kier molecular flexibility index (Phi) is 3.47. The maximum atomic E-state index is 10.8. The fourth-order valence-electron chi connectivity index (χ4n) is 0.560. The van der Waals surface area contributed by atoms with Crippen LogP contribution in [0.15, 0.2) is 24.0 Å². The van der Waals surface area contributed by atoms with Crippen molar-refractivity contribution < 1.29 is 9.90 Å². The van der Waals surface area contributed by atoms with Crippen molar-refractivity contribution >= 4 is 5.78 Å². The van der Waals surface area contributed by atoms with Crippen LogP contribution in [-0.4, -0.2) is 10.9 Å². The molecule has 0 rings (SSSR count). The molecule has 0 bridgehead atoms. The van der Waals surface area contributed by atoms with Crippen LogP contribution in [0.2, 0.25) is 0 Å². The third-order valence-electron chi connectivity index (χ3n) is 1.32. The monoisotopic (exact) mass is 140 g/mol. The Morgan fingerprint density at radius 3 is 2.50 bits per heavy atom. The van der Waals surface area contributed by atoms with Crippen molar-refractivity contribution in [2.24, 2.45) is 0 Å². The van der Waals surface area contributed by atoms with E-state index in [0.717, 1.165) is 0 Å². The minimum Gasteiger partial charge on any atom is -0.512 e. The van der Waals surface area contributed by atoms with Crippen LogP contribution < -0.4 is 0 Å². The Bertz CT molecular complexity index is 178. The molecule has 0 radical (unpaired) electrons. The number of aliphatic hydroxyl groups is 1. The first-order chi connectivity index (χ1) is 4.63. The number of carbonyl (C=O) groups excluding carboxylic acids is 1. The molecular formula is C8H12O2. The summed E-state index contributed by atoms with van der Waals surface area (Å²) in [7, 11) is 0. The van der Waals surface area contributed by atoms with Crippen molar-refractivity contribution in [3.63, 3.8) is 0 Å². The number of hydrogen-bond acceptors (Lipinski definition) is 2. The molecule has 56 valence electrons. The molecule has 0 heterocycles. The molecular weight excluding hydrogens is 128 g/mol. The van der Waals surface area contributed by atoms with Gasteiger partial charge in [-0.15, -0.1) is 0 Å². The van der Waals surface area contributed by atoms with Crippen LogP contribution in [0, 0.1) is 0 Å². The van der Waals surface area contributed by atoms with Crippen molar-refractivity contribution in [2.45, 2.75) is 20.3 Å². The third-order valence-corrected chi connectivity index (χ3v) is 1.32. The first-order valence-electron chi connectivity index (χ1n) is 3.19. The van der Waals surface area contributed by atoms with Gasteiger partial charge in [0.2, 0.25) is 0 Å². The van der Waals surface area contributed by atoms with Gasteiger partial charge in [-0.1, -0.05) is 13.5 Å².